The second kappa shape index (κ2) is 11.1. The molecule has 0 saturated heterocycles. The molecule has 2 amide bonds. The Hall–Kier alpha value is -3.48. The van der Waals surface area contributed by atoms with E-state index in [9.17, 15) is 19.8 Å². The molecular formula is C25H30N4O5. The molecule has 1 aliphatic heterocycles. The Balaban J connectivity index is 1.95. The van der Waals surface area contributed by atoms with E-state index in [1.165, 1.54) is 6.20 Å². The van der Waals surface area contributed by atoms with Crippen molar-refractivity contribution in [2.75, 3.05) is 26.7 Å². The third kappa shape index (κ3) is 5.90. The van der Waals surface area contributed by atoms with Gasteiger partial charge >= 0.3 is 0 Å². The first kappa shape index (κ1) is 25.1. The number of pyridine rings is 2. The quantitative estimate of drug-likeness (QED) is 0.636. The number of amides is 2. The topological polar surface area (TPSA) is 116 Å². The Bertz CT molecular complexity index is 1080. The van der Waals surface area contributed by atoms with Gasteiger partial charge < -0.3 is 24.7 Å². The maximum absolute atomic E-state index is 13.4. The molecule has 0 aliphatic carbocycles. The molecule has 2 N–H and O–H groups in total. The van der Waals surface area contributed by atoms with Crippen molar-refractivity contribution in [2.24, 2.45) is 5.92 Å². The van der Waals surface area contributed by atoms with Crippen molar-refractivity contribution >= 4 is 11.8 Å². The normalized spacial score (nSPS) is 19.5. The molecule has 0 saturated carbocycles. The van der Waals surface area contributed by atoms with Crippen LogP contribution in [0.5, 0.6) is 5.88 Å². The number of fused-ring (bicyclic) bond motifs is 1. The minimum atomic E-state index is -0.821. The van der Waals surface area contributed by atoms with Crippen LogP contribution in [0.4, 0.5) is 0 Å². The van der Waals surface area contributed by atoms with Crippen LogP contribution < -0.4 is 4.74 Å². The van der Waals surface area contributed by atoms with Gasteiger partial charge in [-0.3, -0.25) is 14.6 Å². The Kier molecular flexibility index (Phi) is 8.21. The van der Waals surface area contributed by atoms with Gasteiger partial charge in [0.15, 0.2) is 0 Å². The summed E-state index contributed by atoms with van der Waals surface area (Å²) in [5, 5.41) is 19.2. The number of rotatable bonds is 5. The molecule has 0 radical (unpaired) electrons. The molecule has 2 aromatic heterocycles. The SMILES string of the molecule is C[C@@H]1CN([C@@H](C)CO)C(=O)c2cc(C#C[C@@H](C)O)cnc2O[C@@H]1CN(C)C(=O)c1ccncc1. The van der Waals surface area contributed by atoms with Crippen molar-refractivity contribution in [3.05, 3.63) is 53.5 Å². The van der Waals surface area contributed by atoms with Gasteiger partial charge in [0.25, 0.3) is 11.8 Å². The number of likely N-dealkylation sites (N-methyl/N-ethyl adjacent to an activating group) is 1. The fraction of sp³-hybridized carbons (Fsp3) is 0.440. The Morgan fingerprint density at radius 2 is 2.06 bits per heavy atom. The van der Waals surface area contributed by atoms with Gasteiger partial charge in [-0.15, -0.1) is 0 Å². The first-order chi connectivity index (χ1) is 16.2. The molecule has 34 heavy (non-hydrogen) atoms. The number of nitrogens with zero attached hydrogens (tertiary/aromatic N) is 4. The molecule has 4 atom stereocenters. The molecule has 0 fully saturated rings. The lowest BCUT2D eigenvalue weighted by Crippen LogP contribution is -2.50. The number of hydrogen-bond acceptors (Lipinski definition) is 7. The second-order valence-corrected chi connectivity index (χ2v) is 8.57. The summed E-state index contributed by atoms with van der Waals surface area (Å²) in [6, 6.07) is 4.45. The molecule has 2 aromatic rings. The van der Waals surface area contributed by atoms with E-state index in [4.69, 9.17) is 4.74 Å². The van der Waals surface area contributed by atoms with E-state index in [-0.39, 0.29) is 42.3 Å². The molecule has 9 heteroatoms. The molecule has 180 valence electrons. The van der Waals surface area contributed by atoms with Crippen LogP contribution in [0, 0.1) is 17.8 Å². The Morgan fingerprint density at radius 3 is 2.71 bits per heavy atom. The van der Waals surface area contributed by atoms with Gasteiger partial charge in [0.1, 0.15) is 17.8 Å². The highest BCUT2D eigenvalue weighted by Crippen LogP contribution is 2.27. The minimum Gasteiger partial charge on any atom is -0.472 e. The maximum Gasteiger partial charge on any atom is 0.259 e. The van der Waals surface area contributed by atoms with Gasteiger partial charge in [0, 0.05) is 49.2 Å². The van der Waals surface area contributed by atoms with E-state index in [1.54, 1.807) is 61.3 Å². The monoisotopic (exact) mass is 466 g/mol. The fourth-order valence-electron chi connectivity index (χ4n) is 3.64. The third-order valence-electron chi connectivity index (χ3n) is 5.67. The van der Waals surface area contributed by atoms with Crippen molar-refractivity contribution in [1.82, 2.24) is 19.8 Å². The number of carbonyl (C=O) groups is 2. The zero-order valence-electron chi connectivity index (χ0n) is 19.8. The first-order valence-corrected chi connectivity index (χ1v) is 11.1. The predicted octanol–water partition coefficient (Wildman–Crippen LogP) is 1.20. The van der Waals surface area contributed by atoms with E-state index in [0.29, 0.717) is 17.7 Å². The van der Waals surface area contributed by atoms with Gasteiger partial charge in [0.05, 0.1) is 19.2 Å². The second-order valence-electron chi connectivity index (χ2n) is 8.57. The van der Waals surface area contributed by atoms with E-state index in [1.807, 2.05) is 6.92 Å². The summed E-state index contributed by atoms with van der Waals surface area (Å²) in [6.07, 6.45) is 3.33. The summed E-state index contributed by atoms with van der Waals surface area (Å²) in [4.78, 5) is 37.7. The standard InChI is InChI=1S/C25H30N4O5/c1-16-13-29(17(2)15-30)25(33)21-11-19(6-5-18(3)31)12-27-23(21)34-22(16)14-28(4)24(32)20-7-9-26-10-8-20/h7-12,16-18,22,30-31H,13-15H2,1-4H3/t16-,17+,18-,22-/m1/s1. The minimum absolute atomic E-state index is 0.143. The van der Waals surface area contributed by atoms with Crippen LogP contribution in [0.25, 0.3) is 0 Å². The third-order valence-corrected chi connectivity index (χ3v) is 5.67. The van der Waals surface area contributed by atoms with Crippen molar-refractivity contribution in [3.8, 4) is 17.7 Å². The predicted molar refractivity (Wildman–Crippen MR) is 125 cm³/mol. The molecule has 3 rings (SSSR count). The number of aromatic nitrogens is 2. The lowest BCUT2D eigenvalue weighted by molar-refractivity contribution is 0.0313. The van der Waals surface area contributed by atoms with Crippen molar-refractivity contribution < 1.29 is 24.5 Å². The van der Waals surface area contributed by atoms with E-state index >= 15 is 0 Å². The number of aliphatic hydroxyl groups is 2. The summed E-state index contributed by atoms with van der Waals surface area (Å²) in [5.74, 6) is 4.93. The van der Waals surface area contributed by atoms with Gasteiger partial charge in [-0.05, 0) is 32.0 Å². The molecule has 9 nitrogen and oxygen atoms in total. The lowest BCUT2D eigenvalue weighted by atomic mass is 9.99. The summed E-state index contributed by atoms with van der Waals surface area (Å²) >= 11 is 0. The molecule has 1 aliphatic rings. The maximum atomic E-state index is 13.4. The number of aliphatic hydroxyl groups excluding tert-OH is 2. The lowest BCUT2D eigenvalue weighted by Gasteiger charge is -2.37. The number of ether oxygens (including phenoxy) is 1. The van der Waals surface area contributed by atoms with Crippen LogP contribution >= 0.6 is 0 Å². The number of hydrogen-bond donors (Lipinski definition) is 2. The molecule has 0 unspecified atom stereocenters. The van der Waals surface area contributed by atoms with E-state index in [2.05, 4.69) is 21.8 Å². The molecule has 0 spiro atoms. The average molecular weight is 467 g/mol. The highest BCUT2D eigenvalue weighted by Gasteiger charge is 2.34. The summed E-state index contributed by atoms with van der Waals surface area (Å²) in [5.41, 5.74) is 1.20. The van der Waals surface area contributed by atoms with Gasteiger partial charge in [-0.1, -0.05) is 18.8 Å². The van der Waals surface area contributed by atoms with Crippen LogP contribution in [0.15, 0.2) is 36.8 Å². The van der Waals surface area contributed by atoms with Crippen LogP contribution in [0.1, 0.15) is 47.1 Å². The summed E-state index contributed by atoms with van der Waals surface area (Å²) in [7, 11) is 1.69. The summed E-state index contributed by atoms with van der Waals surface area (Å²) < 4.78 is 6.19. The molecular weight excluding hydrogens is 436 g/mol. The zero-order valence-corrected chi connectivity index (χ0v) is 19.8. The highest BCUT2D eigenvalue weighted by atomic mass is 16.5. The smallest absolute Gasteiger partial charge is 0.259 e. The molecule has 0 aromatic carbocycles. The van der Waals surface area contributed by atoms with E-state index in [0.717, 1.165) is 0 Å². The van der Waals surface area contributed by atoms with Crippen LogP contribution in [-0.4, -0.2) is 86.8 Å². The fourth-order valence-corrected chi connectivity index (χ4v) is 3.64. The zero-order chi connectivity index (χ0) is 24.8. The molecule has 3 heterocycles. The van der Waals surface area contributed by atoms with Gasteiger partial charge in [-0.2, -0.15) is 0 Å². The molecule has 0 bridgehead atoms. The van der Waals surface area contributed by atoms with E-state index < -0.39 is 18.2 Å². The highest BCUT2D eigenvalue weighted by molar-refractivity contribution is 5.97. The van der Waals surface area contributed by atoms with Crippen molar-refractivity contribution in [3.63, 3.8) is 0 Å². The van der Waals surface area contributed by atoms with Crippen molar-refractivity contribution in [2.45, 2.75) is 39.0 Å². The van der Waals surface area contributed by atoms with Crippen LogP contribution in [-0.2, 0) is 0 Å². The van der Waals surface area contributed by atoms with Gasteiger partial charge in [-0.25, -0.2) is 4.98 Å². The largest absolute Gasteiger partial charge is 0.472 e. The Labute approximate surface area is 199 Å². The number of carbonyl (C=O) groups excluding carboxylic acids is 2. The van der Waals surface area contributed by atoms with Crippen LogP contribution in [0.3, 0.4) is 0 Å². The first-order valence-electron chi connectivity index (χ1n) is 11.1. The van der Waals surface area contributed by atoms with Gasteiger partial charge in [0.2, 0.25) is 5.88 Å². The average Bonchev–Trinajstić information content (AvgIpc) is 2.84. The van der Waals surface area contributed by atoms with Crippen LogP contribution in [0.2, 0.25) is 0 Å². The van der Waals surface area contributed by atoms with Crippen molar-refractivity contribution in [1.29, 1.82) is 0 Å². The summed E-state index contributed by atoms with van der Waals surface area (Å²) in [6.45, 7) is 5.64. The Morgan fingerprint density at radius 1 is 1.35 bits per heavy atom.